The predicted octanol–water partition coefficient (Wildman–Crippen LogP) is 1.97. The molecule has 4 aromatic rings. The minimum Gasteiger partial charge on any atom is -0.501 e. The van der Waals surface area contributed by atoms with Crippen molar-refractivity contribution in [3.63, 3.8) is 0 Å². The molecule has 2 N–H and O–H groups in total. The number of anilines is 1. The van der Waals surface area contributed by atoms with E-state index in [0.717, 1.165) is 4.57 Å². The van der Waals surface area contributed by atoms with Gasteiger partial charge in [0.2, 0.25) is 5.75 Å². The van der Waals surface area contributed by atoms with Crippen LogP contribution in [0.3, 0.4) is 0 Å². The molecule has 13 heteroatoms. The third-order valence-corrected chi connectivity index (χ3v) is 6.36. The molecule has 0 aliphatic rings. The quantitative estimate of drug-likeness (QED) is 0.362. The summed E-state index contributed by atoms with van der Waals surface area (Å²) in [7, 11) is 6.43. The Morgan fingerprint density at radius 1 is 1.23 bits per heavy atom. The molecule has 0 fully saturated rings. The molecule has 0 saturated carbocycles. The SMILES string of the molecule is C[C@@H](c1nc(C(=O)Nc2cnoc2)c(O)c(=O)n1C)[C@@H](c1cnn(C)c1)c1cc(C(=O)N(C)C)ccc1C#N. The second kappa shape index (κ2) is 10.6. The number of hydrogen-bond acceptors (Lipinski definition) is 9. The zero-order chi connectivity index (χ0) is 28.4. The van der Waals surface area contributed by atoms with E-state index in [1.165, 1.54) is 24.4 Å². The number of carbonyl (C=O) groups is 2. The average Bonchev–Trinajstić information content (AvgIpc) is 3.58. The lowest BCUT2D eigenvalue weighted by atomic mass is 9.79. The number of aromatic nitrogens is 5. The normalized spacial score (nSPS) is 12.4. The number of aromatic hydroxyl groups is 1. The molecule has 0 saturated heterocycles. The number of amides is 2. The Balaban J connectivity index is 1.90. The maximum atomic E-state index is 13.0. The van der Waals surface area contributed by atoms with Gasteiger partial charge in [-0.15, -0.1) is 0 Å². The fourth-order valence-electron chi connectivity index (χ4n) is 4.43. The summed E-state index contributed by atoms with van der Waals surface area (Å²) in [4.78, 5) is 44.5. The van der Waals surface area contributed by atoms with Crippen LogP contribution in [0.4, 0.5) is 5.69 Å². The number of carbonyl (C=O) groups excluding carboxylic acids is 2. The molecule has 0 unspecified atom stereocenters. The molecule has 0 aliphatic heterocycles. The molecular formula is C26H26N8O5. The van der Waals surface area contributed by atoms with Crippen molar-refractivity contribution >= 4 is 17.5 Å². The summed E-state index contributed by atoms with van der Waals surface area (Å²) < 4.78 is 7.45. The molecule has 2 atom stereocenters. The van der Waals surface area contributed by atoms with Gasteiger partial charge in [-0.05, 0) is 29.3 Å². The Morgan fingerprint density at radius 3 is 2.56 bits per heavy atom. The summed E-state index contributed by atoms with van der Waals surface area (Å²) in [6.07, 6.45) is 5.83. The summed E-state index contributed by atoms with van der Waals surface area (Å²) in [5.74, 6) is -2.99. The van der Waals surface area contributed by atoms with E-state index in [0.29, 0.717) is 22.3 Å². The number of nitriles is 1. The first-order valence-corrected chi connectivity index (χ1v) is 11.8. The van der Waals surface area contributed by atoms with Crippen LogP contribution in [0.5, 0.6) is 5.75 Å². The summed E-state index contributed by atoms with van der Waals surface area (Å²) in [6.45, 7) is 1.78. The van der Waals surface area contributed by atoms with Gasteiger partial charge in [-0.25, -0.2) is 4.98 Å². The van der Waals surface area contributed by atoms with Crippen molar-refractivity contribution < 1.29 is 19.2 Å². The first-order valence-electron chi connectivity index (χ1n) is 11.8. The van der Waals surface area contributed by atoms with Crippen LogP contribution in [-0.4, -0.2) is 60.4 Å². The van der Waals surface area contributed by atoms with Crippen molar-refractivity contribution in [3.05, 3.63) is 87.2 Å². The minimum atomic E-state index is -0.837. The number of nitrogens with zero attached hydrogens (tertiary/aromatic N) is 7. The molecule has 2 amide bonds. The molecular weight excluding hydrogens is 504 g/mol. The molecule has 200 valence electrons. The highest BCUT2D eigenvalue weighted by molar-refractivity contribution is 6.04. The first-order chi connectivity index (χ1) is 18.5. The molecule has 13 nitrogen and oxygen atoms in total. The van der Waals surface area contributed by atoms with E-state index in [9.17, 15) is 24.8 Å². The fraction of sp³-hybridized carbons (Fsp3) is 0.269. The van der Waals surface area contributed by atoms with Crippen molar-refractivity contribution in [2.24, 2.45) is 14.1 Å². The van der Waals surface area contributed by atoms with Crippen LogP contribution in [0.15, 0.2) is 52.4 Å². The second-order valence-corrected chi connectivity index (χ2v) is 9.23. The number of aryl methyl sites for hydroxylation is 1. The standard InChI is InChI=1S/C26H26N8O5/c1-14(23-31-21(22(35)26(38)34(23)5)24(36)30-18-11-29-39-13-18)20(17-10-28-33(4)12-17)19-8-15(25(37)32(2)3)6-7-16(19)9-27/h6-8,10-14,20,35H,1-5H3,(H,30,36)/t14-,20+/m1/s1. The topological polar surface area (TPSA) is 172 Å². The molecule has 3 aromatic heterocycles. The maximum Gasteiger partial charge on any atom is 0.296 e. The van der Waals surface area contributed by atoms with Gasteiger partial charge in [0.05, 0.1) is 24.0 Å². The number of nitrogens with one attached hydrogen (secondary N) is 1. The van der Waals surface area contributed by atoms with Crippen LogP contribution < -0.4 is 10.9 Å². The lowest BCUT2D eigenvalue weighted by Gasteiger charge is -2.26. The van der Waals surface area contributed by atoms with Crippen LogP contribution in [0.2, 0.25) is 0 Å². The molecule has 3 heterocycles. The molecule has 0 spiro atoms. The van der Waals surface area contributed by atoms with Gasteiger partial charge in [0, 0.05) is 51.8 Å². The Kier molecular flexibility index (Phi) is 7.30. The molecule has 0 radical (unpaired) electrons. The molecule has 4 rings (SSSR count). The first kappa shape index (κ1) is 26.8. The van der Waals surface area contributed by atoms with E-state index in [-0.39, 0.29) is 17.4 Å². The summed E-state index contributed by atoms with van der Waals surface area (Å²) in [5.41, 5.74) is 0.798. The minimum absolute atomic E-state index is 0.162. The Bertz CT molecular complexity index is 1650. The van der Waals surface area contributed by atoms with Crippen LogP contribution in [-0.2, 0) is 14.1 Å². The third kappa shape index (κ3) is 5.12. The smallest absolute Gasteiger partial charge is 0.296 e. The molecule has 0 aliphatic carbocycles. The number of hydrogen-bond donors (Lipinski definition) is 2. The van der Waals surface area contributed by atoms with Crippen molar-refractivity contribution in [1.82, 2.24) is 29.4 Å². The summed E-state index contributed by atoms with van der Waals surface area (Å²) in [6, 6.07) is 6.98. The second-order valence-electron chi connectivity index (χ2n) is 9.23. The lowest BCUT2D eigenvalue weighted by Crippen LogP contribution is -2.29. The maximum absolute atomic E-state index is 13.0. The van der Waals surface area contributed by atoms with Crippen molar-refractivity contribution in [2.75, 3.05) is 19.4 Å². The third-order valence-electron chi connectivity index (χ3n) is 6.36. The Hall–Kier alpha value is -5.25. The highest BCUT2D eigenvalue weighted by Gasteiger charge is 2.32. The highest BCUT2D eigenvalue weighted by Crippen LogP contribution is 2.39. The zero-order valence-corrected chi connectivity index (χ0v) is 21.9. The van der Waals surface area contributed by atoms with Gasteiger partial charge < -0.3 is 19.8 Å². The average molecular weight is 531 g/mol. The van der Waals surface area contributed by atoms with Gasteiger partial charge in [0.1, 0.15) is 17.8 Å². The van der Waals surface area contributed by atoms with E-state index in [4.69, 9.17) is 4.52 Å². The molecule has 39 heavy (non-hydrogen) atoms. The van der Waals surface area contributed by atoms with E-state index in [1.807, 2.05) is 0 Å². The Labute approximate surface area is 222 Å². The van der Waals surface area contributed by atoms with Gasteiger partial charge in [0.15, 0.2) is 5.69 Å². The monoisotopic (exact) mass is 530 g/mol. The van der Waals surface area contributed by atoms with Crippen molar-refractivity contribution in [1.29, 1.82) is 5.26 Å². The lowest BCUT2D eigenvalue weighted by molar-refractivity contribution is 0.0827. The van der Waals surface area contributed by atoms with Crippen LogP contribution in [0.25, 0.3) is 0 Å². The Morgan fingerprint density at radius 2 is 1.97 bits per heavy atom. The van der Waals surface area contributed by atoms with Crippen LogP contribution in [0.1, 0.15) is 62.1 Å². The largest absolute Gasteiger partial charge is 0.501 e. The van der Waals surface area contributed by atoms with Gasteiger partial charge in [0.25, 0.3) is 17.4 Å². The van der Waals surface area contributed by atoms with Crippen LogP contribution >= 0.6 is 0 Å². The van der Waals surface area contributed by atoms with E-state index in [1.54, 1.807) is 63.3 Å². The number of benzene rings is 1. The highest BCUT2D eigenvalue weighted by atomic mass is 16.5. The van der Waals surface area contributed by atoms with E-state index < -0.39 is 34.7 Å². The van der Waals surface area contributed by atoms with Gasteiger partial charge in [-0.2, -0.15) is 10.4 Å². The van der Waals surface area contributed by atoms with Gasteiger partial charge >= 0.3 is 0 Å². The molecule has 1 aromatic carbocycles. The van der Waals surface area contributed by atoms with E-state index in [2.05, 4.69) is 26.6 Å². The zero-order valence-electron chi connectivity index (χ0n) is 21.9. The molecule has 0 bridgehead atoms. The predicted molar refractivity (Wildman–Crippen MR) is 138 cm³/mol. The van der Waals surface area contributed by atoms with Crippen LogP contribution in [0, 0.1) is 11.3 Å². The van der Waals surface area contributed by atoms with Crippen molar-refractivity contribution in [2.45, 2.75) is 18.8 Å². The fourth-order valence-corrected chi connectivity index (χ4v) is 4.43. The number of rotatable bonds is 7. The van der Waals surface area contributed by atoms with Gasteiger partial charge in [-0.3, -0.25) is 23.6 Å². The van der Waals surface area contributed by atoms with E-state index >= 15 is 0 Å². The summed E-state index contributed by atoms with van der Waals surface area (Å²) >= 11 is 0. The summed E-state index contributed by atoms with van der Waals surface area (Å²) in [5, 5.41) is 30.7. The van der Waals surface area contributed by atoms with Gasteiger partial charge in [-0.1, -0.05) is 12.1 Å². The van der Waals surface area contributed by atoms with Crippen molar-refractivity contribution in [3.8, 4) is 11.8 Å².